The fourth-order valence-electron chi connectivity index (χ4n) is 7.62. The van der Waals surface area contributed by atoms with Gasteiger partial charge in [-0.2, -0.15) is 0 Å². The molecule has 3 unspecified atom stereocenters. The average Bonchev–Trinajstić information content (AvgIpc) is 3.20. The second-order valence-corrected chi connectivity index (χ2v) is 14.2. The Morgan fingerprint density at radius 3 is 2.14 bits per heavy atom. The minimum atomic E-state index is 0.279. The molecule has 4 aromatic carbocycles. The highest BCUT2D eigenvalue weighted by Crippen LogP contribution is 2.40. The Balaban J connectivity index is 1.08. The Bertz CT molecular complexity index is 2120. The molecule has 0 saturated carbocycles. The first kappa shape index (κ1) is 32.6. The van der Waals surface area contributed by atoms with Crippen LogP contribution in [0.2, 0.25) is 0 Å². The molecule has 0 aliphatic heterocycles. The first-order valence-electron chi connectivity index (χ1n) is 18.6. The third-order valence-corrected chi connectivity index (χ3v) is 10.6. The topological polar surface area (TPSA) is 24.1 Å². The fourth-order valence-corrected chi connectivity index (χ4v) is 7.62. The molecule has 0 heterocycles. The quantitative estimate of drug-likeness (QED) is 0.186. The van der Waals surface area contributed by atoms with Gasteiger partial charge in [-0.15, -0.1) is 0 Å². The lowest BCUT2D eigenvalue weighted by Crippen LogP contribution is -2.24. The van der Waals surface area contributed by atoms with E-state index in [-0.39, 0.29) is 5.92 Å². The third-order valence-electron chi connectivity index (χ3n) is 10.6. The molecule has 252 valence electrons. The van der Waals surface area contributed by atoms with Crippen LogP contribution in [-0.2, 0) is 0 Å². The van der Waals surface area contributed by atoms with Crippen LogP contribution in [0, 0.1) is 11.8 Å². The second kappa shape index (κ2) is 15.1. The highest BCUT2D eigenvalue weighted by molar-refractivity contribution is 5.87. The SMILES string of the molecule is CC1C=CC(c2cc(C3=CC=C(NC4=CCC(c5ccccc5)C=C4)C(C4=CCCC=C4)C3)ccc2Nc2ccc(-c3ccccc3)cc2)=CC1. The molecule has 2 N–H and O–H groups in total. The van der Waals surface area contributed by atoms with Gasteiger partial charge in [-0.1, -0.05) is 140 Å². The number of benzene rings is 4. The van der Waals surface area contributed by atoms with Crippen molar-refractivity contribution in [3.8, 4) is 11.1 Å². The van der Waals surface area contributed by atoms with Gasteiger partial charge in [-0.3, -0.25) is 0 Å². The summed E-state index contributed by atoms with van der Waals surface area (Å²) in [5.74, 6) is 1.27. The van der Waals surface area contributed by atoms with Crippen molar-refractivity contribution in [2.75, 3.05) is 5.32 Å². The molecule has 0 radical (unpaired) electrons. The summed E-state index contributed by atoms with van der Waals surface area (Å²) in [6.45, 7) is 2.29. The van der Waals surface area contributed by atoms with Crippen molar-refractivity contribution < 1.29 is 0 Å². The van der Waals surface area contributed by atoms with Crippen molar-refractivity contribution in [1.29, 1.82) is 0 Å². The Labute approximate surface area is 303 Å². The zero-order valence-corrected chi connectivity index (χ0v) is 29.4. The minimum absolute atomic E-state index is 0.279. The van der Waals surface area contributed by atoms with Crippen LogP contribution in [0.4, 0.5) is 11.4 Å². The predicted molar refractivity (Wildman–Crippen MR) is 217 cm³/mol. The van der Waals surface area contributed by atoms with E-state index in [2.05, 4.69) is 188 Å². The number of hydrogen-bond donors (Lipinski definition) is 2. The summed E-state index contributed by atoms with van der Waals surface area (Å²) in [4.78, 5) is 0. The first-order chi connectivity index (χ1) is 25.2. The number of anilines is 2. The van der Waals surface area contributed by atoms with E-state index in [4.69, 9.17) is 0 Å². The van der Waals surface area contributed by atoms with Crippen LogP contribution < -0.4 is 10.6 Å². The van der Waals surface area contributed by atoms with Gasteiger partial charge in [-0.25, -0.2) is 0 Å². The molecular weight excluding hydrogens is 617 g/mol. The zero-order chi connectivity index (χ0) is 34.4. The standard InChI is InChI=1S/C49H46N2/c1-35-17-19-41(20-18-35)47-34-43(26-32-49(47)51-45-29-23-39(24-30-45)37-13-7-3-8-14-37)42-25-31-48(46(33-42)40-15-9-4-10-16-40)50-44-27-21-38(22-28-44)36-11-5-2-6-12-36/h2-3,5-9,11-17,19-21,23-32,34-35,38,46,50-51H,4,10,18,22,33H2,1H3. The van der Waals surface area contributed by atoms with Crippen LogP contribution in [0.15, 0.2) is 187 Å². The van der Waals surface area contributed by atoms with E-state index in [1.807, 2.05) is 0 Å². The number of hydrogen-bond acceptors (Lipinski definition) is 2. The summed E-state index contributed by atoms with van der Waals surface area (Å²) in [7, 11) is 0. The van der Waals surface area contributed by atoms with E-state index >= 15 is 0 Å². The van der Waals surface area contributed by atoms with Gasteiger partial charge in [0.15, 0.2) is 0 Å². The molecule has 2 heteroatoms. The van der Waals surface area contributed by atoms with Crippen molar-refractivity contribution in [2.24, 2.45) is 11.8 Å². The first-order valence-corrected chi connectivity index (χ1v) is 18.6. The number of nitrogens with one attached hydrogen (secondary N) is 2. The summed E-state index contributed by atoms with van der Waals surface area (Å²) in [5, 5.41) is 7.62. The maximum absolute atomic E-state index is 3.86. The fraction of sp³-hybridized carbons (Fsp3) is 0.184. The van der Waals surface area contributed by atoms with E-state index in [0.29, 0.717) is 11.8 Å². The molecule has 4 aliphatic carbocycles. The van der Waals surface area contributed by atoms with Crippen molar-refractivity contribution in [3.63, 3.8) is 0 Å². The van der Waals surface area contributed by atoms with E-state index in [9.17, 15) is 0 Å². The van der Waals surface area contributed by atoms with Gasteiger partial charge in [0.05, 0.1) is 0 Å². The Morgan fingerprint density at radius 2 is 1.41 bits per heavy atom. The van der Waals surface area contributed by atoms with Crippen LogP contribution in [0.5, 0.6) is 0 Å². The summed E-state index contributed by atoms with van der Waals surface area (Å²) >= 11 is 0. The molecule has 0 saturated heterocycles. The molecule has 2 nitrogen and oxygen atoms in total. The number of rotatable bonds is 9. The van der Waals surface area contributed by atoms with Gasteiger partial charge in [0.1, 0.15) is 0 Å². The zero-order valence-electron chi connectivity index (χ0n) is 29.4. The minimum Gasteiger partial charge on any atom is -0.359 e. The van der Waals surface area contributed by atoms with Crippen LogP contribution in [0.1, 0.15) is 61.6 Å². The molecular formula is C49H46N2. The van der Waals surface area contributed by atoms with E-state index in [1.165, 1.54) is 55.9 Å². The van der Waals surface area contributed by atoms with Gasteiger partial charge in [-0.05, 0) is 113 Å². The highest BCUT2D eigenvalue weighted by atomic mass is 14.9. The molecule has 8 rings (SSSR count). The summed E-state index contributed by atoms with van der Waals surface area (Å²) in [6.07, 6.45) is 31.1. The van der Waals surface area contributed by atoms with Crippen LogP contribution in [0.25, 0.3) is 22.3 Å². The smallest absolute Gasteiger partial charge is 0.0464 e. The lowest BCUT2D eigenvalue weighted by Gasteiger charge is -2.30. The number of allylic oxidation sites excluding steroid dienone is 14. The lowest BCUT2D eigenvalue weighted by molar-refractivity contribution is 0.676. The van der Waals surface area contributed by atoms with E-state index in [0.717, 1.165) is 43.5 Å². The van der Waals surface area contributed by atoms with Crippen LogP contribution >= 0.6 is 0 Å². The molecule has 3 atom stereocenters. The predicted octanol–water partition coefficient (Wildman–Crippen LogP) is 12.9. The summed E-state index contributed by atoms with van der Waals surface area (Å²) in [6, 6.07) is 37.1. The Kier molecular flexibility index (Phi) is 9.66. The maximum atomic E-state index is 3.86. The second-order valence-electron chi connectivity index (χ2n) is 14.2. The van der Waals surface area contributed by atoms with Crippen molar-refractivity contribution in [3.05, 3.63) is 204 Å². The van der Waals surface area contributed by atoms with Crippen LogP contribution in [-0.4, -0.2) is 0 Å². The van der Waals surface area contributed by atoms with Gasteiger partial charge < -0.3 is 10.6 Å². The van der Waals surface area contributed by atoms with E-state index < -0.39 is 0 Å². The normalized spacial score (nSPS) is 21.2. The summed E-state index contributed by atoms with van der Waals surface area (Å²) < 4.78 is 0. The van der Waals surface area contributed by atoms with Crippen molar-refractivity contribution in [1.82, 2.24) is 5.32 Å². The van der Waals surface area contributed by atoms with Gasteiger partial charge in [0.2, 0.25) is 0 Å². The largest absolute Gasteiger partial charge is 0.359 e. The monoisotopic (exact) mass is 662 g/mol. The average molecular weight is 663 g/mol. The molecule has 0 bridgehead atoms. The third kappa shape index (κ3) is 7.61. The van der Waals surface area contributed by atoms with Crippen LogP contribution in [0.3, 0.4) is 0 Å². The van der Waals surface area contributed by atoms with E-state index in [1.54, 1.807) is 0 Å². The van der Waals surface area contributed by atoms with Gasteiger partial charge in [0.25, 0.3) is 0 Å². The molecule has 0 amide bonds. The van der Waals surface area contributed by atoms with Crippen molar-refractivity contribution in [2.45, 2.75) is 44.9 Å². The maximum Gasteiger partial charge on any atom is 0.0464 e. The molecule has 4 aromatic rings. The van der Waals surface area contributed by atoms with Crippen molar-refractivity contribution >= 4 is 22.5 Å². The molecule has 0 spiro atoms. The molecule has 0 fully saturated rings. The molecule has 51 heavy (non-hydrogen) atoms. The summed E-state index contributed by atoms with van der Waals surface area (Å²) in [5.41, 5.74) is 15.1. The molecule has 0 aromatic heterocycles. The van der Waals surface area contributed by atoms with Gasteiger partial charge >= 0.3 is 0 Å². The Morgan fingerprint density at radius 1 is 0.627 bits per heavy atom. The van der Waals surface area contributed by atoms with Gasteiger partial charge in [0, 0.05) is 40.2 Å². The highest BCUT2D eigenvalue weighted by Gasteiger charge is 2.25. The molecule has 4 aliphatic rings. The Hall–Kier alpha value is -5.60. The lowest BCUT2D eigenvalue weighted by atomic mass is 9.80.